The Bertz CT molecular complexity index is 906. The third kappa shape index (κ3) is 3.70. The van der Waals surface area contributed by atoms with Gasteiger partial charge in [0.05, 0.1) is 5.02 Å². The normalized spacial score (nSPS) is 10.6. The van der Waals surface area contributed by atoms with Crippen LogP contribution in [0.3, 0.4) is 0 Å². The van der Waals surface area contributed by atoms with E-state index in [2.05, 4.69) is 5.32 Å². The van der Waals surface area contributed by atoms with Crippen LogP contribution in [0.4, 0.5) is 5.69 Å². The quantitative estimate of drug-likeness (QED) is 0.648. The van der Waals surface area contributed by atoms with Crippen molar-refractivity contribution in [2.24, 2.45) is 0 Å². The number of halogens is 2. The van der Waals surface area contributed by atoms with E-state index in [4.69, 9.17) is 27.9 Å². The lowest BCUT2D eigenvalue weighted by molar-refractivity contribution is -0.119. The minimum atomic E-state index is -0.618. The van der Waals surface area contributed by atoms with Gasteiger partial charge in [-0.1, -0.05) is 41.4 Å². The lowest BCUT2D eigenvalue weighted by Gasteiger charge is -2.06. The number of hydrogen-bond acceptors (Lipinski definition) is 4. The fraction of sp³-hybridized carbons (Fsp3) is 0.0588. The number of anilines is 1. The standard InChI is InChI=1S/C17H11Cl2NO3S/c18-10-5-7-11(8-6-10)20-14(21)9-23-17(22)16-15(19)12-3-1-2-4-13(12)24-16/h1-8H,9H2,(H,20,21). The van der Waals surface area contributed by atoms with Gasteiger partial charge in [-0.15, -0.1) is 11.3 Å². The number of thiophene rings is 1. The third-order valence-corrected chi connectivity index (χ3v) is 5.09. The molecule has 0 fully saturated rings. The molecule has 3 aromatic rings. The summed E-state index contributed by atoms with van der Waals surface area (Å²) in [4.78, 5) is 24.3. The number of carbonyl (C=O) groups excluding carboxylic acids is 2. The Morgan fingerprint density at radius 2 is 1.75 bits per heavy atom. The van der Waals surface area contributed by atoms with Crippen LogP contribution in [0.2, 0.25) is 10.0 Å². The van der Waals surface area contributed by atoms with Crippen molar-refractivity contribution in [1.29, 1.82) is 0 Å². The molecule has 0 aliphatic rings. The van der Waals surface area contributed by atoms with Gasteiger partial charge in [-0.05, 0) is 30.3 Å². The van der Waals surface area contributed by atoms with Crippen LogP contribution in [0.1, 0.15) is 9.67 Å². The highest BCUT2D eigenvalue weighted by atomic mass is 35.5. The summed E-state index contributed by atoms with van der Waals surface area (Å²) in [6.07, 6.45) is 0. The molecule has 122 valence electrons. The predicted molar refractivity (Wildman–Crippen MR) is 97.2 cm³/mol. The maximum absolute atomic E-state index is 12.1. The van der Waals surface area contributed by atoms with Crippen LogP contribution in [0, 0.1) is 0 Å². The summed E-state index contributed by atoms with van der Waals surface area (Å²) in [5.74, 6) is -1.06. The molecule has 2 aromatic carbocycles. The lowest BCUT2D eigenvalue weighted by atomic mass is 10.2. The number of hydrogen-bond donors (Lipinski definition) is 1. The first-order chi connectivity index (χ1) is 11.5. The summed E-state index contributed by atoms with van der Waals surface area (Å²) in [6.45, 7) is -0.397. The second-order valence-corrected chi connectivity index (χ2v) is 6.74. The van der Waals surface area contributed by atoms with E-state index in [1.807, 2.05) is 24.3 Å². The zero-order valence-corrected chi connectivity index (χ0v) is 14.5. The molecular formula is C17H11Cl2NO3S. The summed E-state index contributed by atoms with van der Waals surface area (Å²) in [5, 5.41) is 4.32. The Morgan fingerprint density at radius 3 is 2.46 bits per heavy atom. The average molecular weight is 380 g/mol. The first-order valence-electron chi connectivity index (χ1n) is 6.94. The number of ether oxygens (including phenoxy) is 1. The average Bonchev–Trinajstić information content (AvgIpc) is 2.92. The van der Waals surface area contributed by atoms with Gasteiger partial charge in [0.15, 0.2) is 6.61 Å². The van der Waals surface area contributed by atoms with Crippen molar-refractivity contribution in [3.8, 4) is 0 Å². The number of fused-ring (bicyclic) bond motifs is 1. The van der Waals surface area contributed by atoms with E-state index in [9.17, 15) is 9.59 Å². The Labute approximate surface area is 151 Å². The zero-order valence-electron chi connectivity index (χ0n) is 12.2. The van der Waals surface area contributed by atoms with Crippen LogP contribution in [0.15, 0.2) is 48.5 Å². The second kappa shape index (κ2) is 7.21. The molecule has 1 N–H and O–H groups in total. The minimum absolute atomic E-state index is 0.289. The van der Waals surface area contributed by atoms with Crippen LogP contribution >= 0.6 is 34.5 Å². The van der Waals surface area contributed by atoms with E-state index in [-0.39, 0.29) is 4.88 Å². The van der Waals surface area contributed by atoms with Gasteiger partial charge in [0.2, 0.25) is 0 Å². The smallest absolute Gasteiger partial charge is 0.350 e. The molecule has 7 heteroatoms. The summed E-state index contributed by atoms with van der Waals surface area (Å²) in [5.41, 5.74) is 0.570. The van der Waals surface area contributed by atoms with E-state index in [1.54, 1.807) is 24.3 Å². The Hall–Kier alpha value is -2.08. The van der Waals surface area contributed by atoms with Crippen LogP contribution in [0.5, 0.6) is 0 Å². The van der Waals surface area contributed by atoms with Crippen molar-refractivity contribution in [1.82, 2.24) is 0 Å². The number of amides is 1. The van der Waals surface area contributed by atoms with Gasteiger partial charge in [-0.25, -0.2) is 4.79 Å². The molecule has 0 bridgehead atoms. The van der Waals surface area contributed by atoms with Gasteiger partial charge in [0.1, 0.15) is 4.88 Å². The van der Waals surface area contributed by atoms with Crippen molar-refractivity contribution >= 4 is 62.2 Å². The van der Waals surface area contributed by atoms with E-state index in [1.165, 1.54) is 11.3 Å². The molecule has 0 aliphatic heterocycles. The predicted octanol–water partition coefficient (Wildman–Crippen LogP) is 5.00. The van der Waals surface area contributed by atoms with Crippen molar-refractivity contribution in [2.75, 3.05) is 11.9 Å². The maximum Gasteiger partial charge on any atom is 0.350 e. The molecule has 0 atom stereocenters. The molecule has 0 saturated carbocycles. The van der Waals surface area contributed by atoms with E-state index < -0.39 is 18.5 Å². The molecule has 0 spiro atoms. The molecule has 0 unspecified atom stereocenters. The molecule has 0 aliphatic carbocycles. The van der Waals surface area contributed by atoms with Crippen LogP contribution in [-0.4, -0.2) is 18.5 Å². The van der Waals surface area contributed by atoms with Gasteiger partial charge >= 0.3 is 5.97 Å². The molecule has 1 heterocycles. The van der Waals surface area contributed by atoms with Crippen LogP contribution in [-0.2, 0) is 9.53 Å². The van der Waals surface area contributed by atoms with Gasteiger partial charge in [-0.2, -0.15) is 0 Å². The molecule has 0 saturated heterocycles. The van der Waals surface area contributed by atoms with Gasteiger partial charge in [-0.3, -0.25) is 4.79 Å². The van der Waals surface area contributed by atoms with E-state index in [0.717, 1.165) is 10.1 Å². The number of esters is 1. The Balaban J connectivity index is 1.63. The fourth-order valence-corrected chi connectivity index (χ4v) is 3.60. The Kier molecular flexibility index (Phi) is 5.04. The third-order valence-electron chi connectivity index (χ3n) is 3.18. The summed E-state index contributed by atoms with van der Waals surface area (Å²) in [7, 11) is 0. The SMILES string of the molecule is O=C(COC(=O)c1sc2ccccc2c1Cl)Nc1ccc(Cl)cc1. The van der Waals surface area contributed by atoms with Gasteiger partial charge in [0, 0.05) is 20.8 Å². The van der Waals surface area contributed by atoms with Crippen molar-refractivity contribution in [3.05, 3.63) is 63.5 Å². The molecule has 0 radical (unpaired) electrons. The van der Waals surface area contributed by atoms with Crippen molar-refractivity contribution in [3.63, 3.8) is 0 Å². The number of nitrogens with one attached hydrogen (secondary N) is 1. The zero-order chi connectivity index (χ0) is 17.1. The molecule has 3 rings (SSSR count). The lowest BCUT2D eigenvalue weighted by Crippen LogP contribution is -2.20. The summed E-state index contributed by atoms with van der Waals surface area (Å²) in [6, 6.07) is 14.0. The minimum Gasteiger partial charge on any atom is -0.451 e. The van der Waals surface area contributed by atoms with E-state index >= 15 is 0 Å². The largest absolute Gasteiger partial charge is 0.451 e. The van der Waals surface area contributed by atoms with Crippen LogP contribution < -0.4 is 5.32 Å². The van der Waals surface area contributed by atoms with Gasteiger partial charge < -0.3 is 10.1 Å². The van der Waals surface area contributed by atoms with Crippen molar-refractivity contribution < 1.29 is 14.3 Å². The summed E-state index contributed by atoms with van der Waals surface area (Å²) >= 11 is 13.2. The number of carbonyl (C=O) groups is 2. The Morgan fingerprint density at radius 1 is 1.04 bits per heavy atom. The molecule has 24 heavy (non-hydrogen) atoms. The van der Waals surface area contributed by atoms with Crippen molar-refractivity contribution in [2.45, 2.75) is 0 Å². The molecule has 1 amide bonds. The monoisotopic (exact) mass is 379 g/mol. The second-order valence-electron chi connectivity index (χ2n) is 4.87. The van der Waals surface area contributed by atoms with Crippen LogP contribution in [0.25, 0.3) is 10.1 Å². The first kappa shape index (κ1) is 16.8. The highest BCUT2D eigenvalue weighted by Crippen LogP contribution is 2.35. The topological polar surface area (TPSA) is 55.4 Å². The number of benzene rings is 2. The summed E-state index contributed by atoms with van der Waals surface area (Å²) < 4.78 is 5.93. The van der Waals surface area contributed by atoms with Gasteiger partial charge in [0.25, 0.3) is 5.91 Å². The highest BCUT2D eigenvalue weighted by Gasteiger charge is 2.19. The highest BCUT2D eigenvalue weighted by molar-refractivity contribution is 7.21. The fourth-order valence-electron chi connectivity index (χ4n) is 2.07. The molecular weight excluding hydrogens is 369 g/mol. The first-order valence-corrected chi connectivity index (χ1v) is 8.51. The molecule has 4 nitrogen and oxygen atoms in total. The molecule has 1 aromatic heterocycles. The van der Waals surface area contributed by atoms with E-state index in [0.29, 0.717) is 15.7 Å². The maximum atomic E-state index is 12.1. The number of rotatable bonds is 4.